The van der Waals surface area contributed by atoms with Gasteiger partial charge in [0.25, 0.3) is 0 Å². The van der Waals surface area contributed by atoms with Crippen LogP contribution >= 0.6 is 0 Å². The van der Waals surface area contributed by atoms with Crippen molar-refractivity contribution in [1.82, 2.24) is 9.47 Å². The van der Waals surface area contributed by atoms with Crippen LogP contribution in [0.2, 0.25) is 0 Å². The van der Waals surface area contributed by atoms with E-state index in [0.29, 0.717) is 31.0 Å². The first-order valence-corrected chi connectivity index (χ1v) is 7.28. The summed E-state index contributed by atoms with van der Waals surface area (Å²) < 4.78 is 1.82. The topological polar surface area (TPSA) is 65.7 Å². The Hall–Kier alpha value is -1.85. The van der Waals surface area contributed by atoms with Crippen molar-refractivity contribution in [2.75, 3.05) is 13.1 Å². The molecule has 1 heterocycles. The summed E-state index contributed by atoms with van der Waals surface area (Å²) >= 11 is 0. The average molecular weight is 306 g/mol. The highest BCUT2D eigenvalue weighted by molar-refractivity contribution is 5.31. The highest BCUT2D eigenvalue weighted by atomic mass is 16.3. The number of aliphatic hydroxyl groups is 1. The molecule has 1 rings (SSSR count). The standard InChI is InChI=1S/C17H26N2O3/c1-6-8-18(9-7-2)11-14-16(22)15(21)10-13(12-20)19(14)17(3,4)5/h6-7,10,20,22H,1-2,8-9,11-12H2,3-5H3. The van der Waals surface area contributed by atoms with Crippen LogP contribution in [0.5, 0.6) is 5.75 Å². The molecular formula is C17H26N2O3. The van der Waals surface area contributed by atoms with Crippen molar-refractivity contribution in [2.24, 2.45) is 0 Å². The molecule has 1 aromatic rings. The molecule has 0 amide bonds. The summed E-state index contributed by atoms with van der Waals surface area (Å²) in [6, 6.07) is 1.29. The maximum Gasteiger partial charge on any atom is 0.223 e. The Balaban J connectivity index is 3.48. The van der Waals surface area contributed by atoms with E-state index in [9.17, 15) is 15.0 Å². The fourth-order valence-electron chi connectivity index (χ4n) is 2.58. The van der Waals surface area contributed by atoms with Gasteiger partial charge in [-0.05, 0) is 20.8 Å². The molecule has 0 spiro atoms. The van der Waals surface area contributed by atoms with Crippen LogP contribution in [0.4, 0.5) is 0 Å². The smallest absolute Gasteiger partial charge is 0.223 e. The van der Waals surface area contributed by atoms with Gasteiger partial charge in [0.1, 0.15) is 0 Å². The van der Waals surface area contributed by atoms with Gasteiger partial charge in [0.05, 0.1) is 12.3 Å². The van der Waals surface area contributed by atoms with Gasteiger partial charge in [-0.25, -0.2) is 0 Å². The fraction of sp³-hybridized carbons (Fsp3) is 0.471. The molecule has 2 N–H and O–H groups in total. The minimum Gasteiger partial charge on any atom is -0.503 e. The average Bonchev–Trinajstić information content (AvgIpc) is 2.42. The van der Waals surface area contributed by atoms with Gasteiger partial charge in [0, 0.05) is 36.9 Å². The summed E-state index contributed by atoms with van der Waals surface area (Å²) in [6.45, 7) is 14.6. The minimum absolute atomic E-state index is 0.261. The lowest BCUT2D eigenvalue weighted by atomic mass is 10.0. The maximum absolute atomic E-state index is 12.0. The van der Waals surface area contributed by atoms with Gasteiger partial charge in [-0.2, -0.15) is 0 Å². The molecular weight excluding hydrogens is 280 g/mol. The maximum atomic E-state index is 12.0. The molecule has 0 aliphatic carbocycles. The molecule has 0 unspecified atom stereocenters. The summed E-state index contributed by atoms with van der Waals surface area (Å²) in [5.41, 5.74) is 0.124. The van der Waals surface area contributed by atoms with Crippen molar-refractivity contribution < 1.29 is 10.2 Å². The van der Waals surface area contributed by atoms with Crippen LogP contribution in [-0.4, -0.2) is 32.8 Å². The zero-order valence-corrected chi connectivity index (χ0v) is 13.7. The van der Waals surface area contributed by atoms with Crippen LogP contribution in [0, 0.1) is 0 Å². The van der Waals surface area contributed by atoms with E-state index in [1.807, 2.05) is 30.2 Å². The molecule has 0 saturated carbocycles. The molecule has 22 heavy (non-hydrogen) atoms. The number of aromatic nitrogens is 1. The van der Waals surface area contributed by atoms with Crippen LogP contribution < -0.4 is 5.43 Å². The Bertz CT molecular complexity index is 587. The van der Waals surface area contributed by atoms with E-state index < -0.39 is 5.43 Å². The molecule has 1 aromatic heterocycles. The zero-order valence-electron chi connectivity index (χ0n) is 13.7. The third-order valence-corrected chi connectivity index (χ3v) is 3.34. The minimum atomic E-state index is -0.475. The molecule has 0 radical (unpaired) electrons. The van der Waals surface area contributed by atoms with Gasteiger partial charge in [0.15, 0.2) is 5.75 Å². The summed E-state index contributed by atoms with van der Waals surface area (Å²) in [5, 5.41) is 19.8. The third kappa shape index (κ3) is 4.08. The van der Waals surface area contributed by atoms with E-state index >= 15 is 0 Å². The second-order valence-electron chi connectivity index (χ2n) is 6.23. The summed E-state index contributed by atoms with van der Waals surface area (Å²) in [5.74, 6) is -0.273. The van der Waals surface area contributed by atoms with Gasteiger partial charge < -0.3 is 14.8 Å². The van der Waals surface area contributed by atoms with Crippen molar-refractivity contribution in [1.29, 1.82) is 0 Å². The van der Waals surface area contributed by atoms with Crippen molar-refractivity contribution in [3.8, 4) is 5.75 Å². The van der Waals surface area contributed by atoms with E-state index in [1.165, 1.54) is 6.07 Å². The van der Waals surface area contributed by atoms with Crippen molar-refractivity contribution >= 4 is 0 Å². The van der Waals surface area contributed by atoms with Gasteiger partial charge in [-0.15, -0.1) is 13.2 Å². The highest BCUT2D eigenvalue weighted by Gasteiger charge is 2.24. The van der Waals surface area contributed by atoms with E-state index in [1.54, 1.807) is 12.2 Å². The van der Waals surface area contributed by atoms with Gasteiger partial charge >= 0.3 is 0 Å². The molecule has 0 saturated heterocycles. The number of aromatic hydroxyl groups is 1. The predicted molar refractivity (Wildman–Crippen MR) is 89.0 cm³/mol. The molecule has 0 fully saturated rings. The number of hydrogen-bond acceptors (Lipinski definition) is 4. The van der Waals surface area contributed by atoms with E-state index in [-0.39, 0.29) is 17.9 Å². The first-order chi connectivity index (χ1) is 10.3. The molecule has 0 atom stereocenters. The van der Waals surface area contributed by atoms with Gasteiger partial charge in [-0.3, -0.25) is 9.69 Å². The number of hydrogen-bond donors (Lipinski definition) is 2. The second-order valence-corrected chi connectivity index (χ2v) is 6.23. The molecule has 0 aliphatic heterocycles. The van der Waals surface area contributed by atoms with E-state index in [0.717, 1.165) is 0 Å². The molecule has 122 valence electrons. The van der Waals surface area contributed by atoms with Gasteiger partial charge in [-0.1, -0.05) is 12.2 Å². The Labute approximate surface area is 131 Å². The fourth-order valence-corrected chi connectivity index (χ4v) is 2.58. The molecule has 0 bridgehead atoms. The lowest BCUT2D eigenvalue weighted by Gasteiger charge is -2.32. The highest BCUT2D eigenvalue weighted by Crippen LogP contribution is 2.25. The first kappa shape index (κ1) is 18.2. The quantitative estimate of drug-likeness (QED) is 0.756. The first-order valence-electron chi connectivity index (χ1n) is 7.28. The van der Waals surface area contributed by atoms with Crippen LogP contribution in [0.1, 0.15) is 32.2 Å². The normalized spacial score (nSPS) is 11.7. The van der Waals surface area contributed by atoms with Crippen molar-refractivity contribution in [2.45, 2.75) is 39.5 Å². The lowest BCUT2D eigenvalue weighted by molar-refractivity contribution is 0.237. The SMILES string of the molecule is C=CCN(CC=C)Cc1c(O)c(=O)cc(CO)n1C(C)(C)C. The van der Waals surface area contributed by atoms with Crippen LogP contribution in [0.15, 0.2) is 36.2 Å². The number of rotatable bonds is 7. The summed E-state index contributed by atoms with van der Waals surface area (Å²) in [7, 11) is 0. The lowest BCUT2D eigenvalue weighted by Crippen LogP contribution is -2.34. The molecule has 5 heteroatoms. The number of pyridine rings is 1. The molecule has 0 aliphatic rings. The van der Waals surface area contributed by atoms with E-state index in [2.05, 4.69) is 13.2 Å². The largest absolute Gasteiger partial charge is 0.503 e. The van der Waals surface area contributed by atoms with Crippen LogP contribution in [-0.2, 0) is 18.7 Å². The van der Waals surface area contributed by atoms with Crippen molar-refractivity contribution in [3.05, 3.63) is 53.0 Å². The number of nitrogens with zero attached hydrogens (tertiary/aromatic N) is 2. The third-order valence-electron chi connectivity index (χ3n) is 3.34. The Kier molecular flexibility index (Phi) is 6.14. The zero-order chi connectivity index (χ0) is 16.9. The summed E-state index contributed by atoms with van der Waals surface area (Å²) in [4.78, 5) is 14.0. The van der Waals surface area contributed by atoms with Crippen LogP contribution in [0.25, 0.3) is 0 Å². The van der Waals surface area contributed by atoms with Crippen LogP contribution in [0.3, 0.4) is 0 Å². The molecule has 5 nitrogen and oxygen atoms in total. The predicted octanol–water partition coefficient (Wildman–Crippen LogP) is 1.98. The number of aliphatic hydroxyl groups excluding tert-OH is 1. The Morgan fingerprint density at radius 2 is 1.82 bits per heavy atom. The second kappa shape index (κ2) is 7.42. The van der Waals surface area contributed by atoms with Crippen molar-refractivity contribution in [3.63, 3.8) is 0 Å². The monoisotopic (exact) mass is 306 g/mol. The summed E-state index contributed by atoms with van der Waals surface area (Å²) in [6.07, 6.45) is 3.52. The molecule has 0 aromatic carbocycles. The van der Waals surface area contributed by atoms with Gasteiger partial charge in [0.2, 0.25) is 5.43 Å². The Morgan fingerprint density at radius 3 is 2.23 bits per heavy atom. The van der Waals surface area contributed by atoms with E-state index in [4.69, 9.17) is 0 Å². The Morgan fingerprint density at radius 1 is 1.27 bits per heavy atom.